The molecule has 0 aliphatic rings. The Morgan fingerprint density at radius 3 is 2.60 bits per heavy atom. The molecule has 20 heavy (non-hydrogen) atoms. The third-order valence-corrected chi connectivity index (χ3v) is 3.30. The predicted octanol–water partition coefficient (Wildman–Crippen LogP) is 2.11. The molecule has 1 heterocycles. The van der Waals surface area contributed by atoms with Crippen molar-refractivity contribution >= 4 is 33.0 Å². The normalized spacial score (nSPS) is 11.1. The highest BCUT2D eigenvalue weighted by Gasteiger charge is 2.06. The molecule has 0 radical (unpaired) electrons. The van der Waals surface area contributed by atoms with E-state index >= 15 is 0 Å². The van der Waals surface area contributed by atoms with E-state index in [2.05, 4.69) is 20.0 Å². The van der Waals surface area contributed by atoms with E-state index in [-0.39, 0.29) is 0 Å². The summed E-state index contributed by atoms with van der Waals surface area (Å²) >= 11 is 6.06. The number of hydrogen-bond acceptors (Lipinski definition) is 5. The quantitative estimate of drug-likeness (QED) is 0.883. The van der Waals surface area contributed by atoms with E-state index in [1.807, 2.05) is 0 Å². The molecule has 0 bridgehead atoms. The van der Waals surface area contributed by atoms with Crippen LogP contribution in [0.25, 0.3) is 0 Å². The molecule has 1 aromatic carbocycles. The number of anilines is 2. The fourth-order valence-electron chi connectivity index (χ4n) is 1.56. The second-order valence-corrected chi connectivity index (χ2v) is 6.32. The summed E-state index contributed by atoms with van der Waals surface area (Å²) < 4.78 is 24.8. The Hall–Kier alpha value is -1.86. The van der Waals surface area contributed by atoms with Gasteiger partial charge in [-0.15, -0.1) is 0 Å². The Bertz CT molecular complexity index is 692. The fourth-order valence-corrected chi connectivity index (χ4v) is 2.30. The van der Waals surface area contributed by atoms with Crippen molar-refractivity contribution in [1.82, 2.24) is 9.97 Å². The number of hydrogen-bond donors (Lipinski definition) is 2. The highest BCUT2D eigenvalue weighted by atomic mass is 35.5. The van der Waals surface area contributed by atoms with Gasteiger partial charge in [-0.05, 0) is 18.2 Å². The summed E-state index contributed by atoms with van der Waals surface area (Å²) in [5, 5.41) is 3.61. The lowest BCUT2D eigenvalue weighted by Gasteiger charge is -2.11. The van der Waals surface area contributed by atoms with Gasteiger partial charge in [0.25, 0.3) is 0 Å². The smallest absolute Gasteiger partial charge is 0.229 e. The predicted molar refractivity (Wildman–Crippen MR) is 79.3 cm³/mol. The van der Waals surface area contributed by atoms with Crippen LogP contribution in [0.15, 0.2) is 36.9 Å². The highest BCUT2D eigenvalue weighted by Crippen LogP contribution is 2.26. The van der Waals surface area contributed by atoms with E-state index in [0.717, 1.165) is 11.8 Å². The Kier molecular flexibility index (Phi) is 4.41. The van der Waals surface area contributed by atoms with Gasteiger partial charge in [0.05, 0.1) is 22.7 Å². The van der Waals surface area contributed by atoms with Gasteiger partial charge in [-0.2, -0.15) is 0 Å². The van der Waals surface area contributed by atoms with Crippen LogP contribution in [0.1, 0.15) is 5.56 Å². The molecule has 106 valence electrons. The minimum atomic E-state index is -3.31. The summed E-state index contributed by atoms with van der Waals surface area (Å²) in [5.74, 6) is 0. The molecule has 0 aliphatic heterocycles. The van der Waals surface area contributed by atoms with Crippen molar-refractivity contribution < 1.29 is 8.42 Å². The molecule has 2 rings (SSSR count). The lowest BCUT2D eigenvalue weighted by Crippen LogP contribution is -2.10. The van der Waals surface area contributed by atoms with Gasteiger partial charge in [-0.3, -0.25) is 4.72 Å². The van der Waals surface area contributed by atoms with Crippen molar-refractivity contribution in [3.8, 4) is 0 Å². The van der Waals surface area contributed by atoms with Crippen molar-refractivity contribution in [2.45, 2.75) is 6.54 Å². The Labute approximate surface area is 122 Å². The number of rotatable bonds is 5. The lowest BCUT2D eigenvalue weighted by molar-refractivity contribution is 0.607. The van der Waals surface area contributed by atoms with Crippen molar-refractivity contribution in [2.75, 3.05) is 16.3 Å². The third-order valence-electron chi connectivity index (χ3n) is 2.37. The van der Waals surface area contributed by atoms with Crippen LogP contribution in [0.4, 0.5) is 11.4 Å². The first-order valence-electron chi connectivity index (χ1n) is 5.69. The van der Waals surface area contributed by atoms with Crippen LogP contribution in [0, 0.1) is 0 Å². The second kappa shape index (κ2) is 6.06. The first-order valence-corrected chi connectivity index (χ1v) is 7.96. The van der Waals surface area contributed by atoms with E-state index < -0.39 is 10.0 Å². The summed E-state index contributed by atoms with van der Waals surface area (Å²) in [6.07, 6.45) is 5.92. The highest BCUT2D eigenvalue weighted by molar-refractivity contribution is 7.92. The molecule has 0 spiro atoms. The summed E-state index contributed by atoms with van der Waals surface area (Å²) in [7, 11) is -3.31. The molecule has 8 heteroatoms. The zero-order chi connectivity index (χ0) is 14.6. The van der Waals surface area contributed by atoms with Crippen LogP contribution in [0.2, 0.25) is 5.02 Å². The SMILES string of the molecule is CS(=O)(=O)Nc1ccc(Cl)c(NCc2cncnc2)c1. The van der Waals surface area contributed by atoms with Crippen LogP contribution in [-0.4, -0.2) is 24.6 Å². The standard InChI is InChI=1S/C12H13ClN4O2S/c1-20(18,19)17-10-2-3-11(13)12(4-10)16-7-9-5-14-8-15-6-9/h2-6,8,16-17H,7H2,1H3. The Balaban J connectivity index is 2.13. The summed E-state index contributed by atoms with van der Waals surface area (Å²) in [6.45, 7) is 0.489. The largest absolute Gasteiger partial charge is 0.380 e. The molecule has 0 saturated heterocycles. The van der Waals surface area contributed by atoms with E-state index in [1.54, 1.807) is 30.6 Å². The summed E-state index contributed by atoms with van der Waals surface area (Å²) in [5.41, 5.74) is 1.97. The molecule has 0 atom stereocenters. The van der Waals surface area contributed by atoms with Crippen molar-refractivity contribution in [3.05, 3.63) is 47.5 Å². The van der Waals surface area contributed by atoms with Crippen molar-refractivity contribution in [1.29, 1.82) is 0 Å². The first kappa shape index (κ1) is 14.5. The van der Waals surface area contributed by atoms with Crippen LogP contribution in [-0.2, 0) is 16.6 Å². The molecule has 6 nitrogen and oxygen atoms in total. The van der Waals surface area contributed by atoms with Crippen LogP contribution in [0.5, 0.6) is 0 Å². The number of nitrogens with zero attached hydrogens (tertiary/aromatic N) is 2. The maximum atomic E-state index is 11.2. The molecule has 0 saturated carbocycles. The average molecular weight is 313 g/mol. The molecule has 0 aliphatic carbocycles. The van der Waals surface area contributed by atoms with Gasteiger partial charge >= 0.3 is 0 Å². The average Bonchev–Trinajstić information content (AvgIpc) is 2.39. The molecule has 2 N–H and O–H groups in total. The minimum Gasteiger partial charge on any atom is -0.380 e. The number of aromatic nitrogens is 2. The molecule has 1 aromatic heterocycles. The number of sulfonamides is 1. The topological polar surface area (TPSA) is 84.0 Å². The molecule has 2 aromatic rings. The van der Waals surface area contributed by atoms with Crippen LogP contribution in [0.3, 0.4) is 0 Å². The lowest BCUT2D eigenvalue weighted by atomic mass is 10.2. The number of nitrogens with one attached hydrogen (secondary N) is 2. The zero-order valence-corrected chi connectivity index (χ0v) is 12.2. The van der Waals surface area contributed by atoms with Crippen molar-refractivity contribution in [2.24, 2.45) is 0 Å². The van der Waals surface area contributed by atoms with E-state index in [1.165, 1.54) is 6.33 Å². The van der Waals surface area contributed by atoms with E-state index in [4.69, 9.17) is 11.6 Å². The third kappa shape index (κ3) is 4.36. The molecule has 0 unspecified atom stereocenters. The molecular formula is C12H13ClN4O2S. The van der Waals surface area contributed by atoms with Gasteiger partial charge in [0.1, 0.15) is 6.33 Å². The van der Waals surface area contributed by atoms with Gasteiger partial charge in [-0.25, -0.2) is 18.4 Å². The van der Waals surface area contributed by atoms with Gasteiger partial charge in [-0.1, -0.05) is 11.6 Å². The summed E-state index contributed by atoms with van der Waals surface area (Å²) in [6, 6.07) is 4.85. The van der Waals surface area contributed by atoms with E-state index in [0.29, 0.717) is 22.9 Å². The summed E-state index contributed by atoms with van der Waals surface area (Å²) in [4.78, 5) is 7.82. The monoisotopic (exact) mass is 312 g/mol. The Morgan fingerprint density at radius 1 is 1.25 bits per heavy atom. The first-order chi connectivity index (χ1) is 9.44. The number of benzene rings is 1. The zero-order valence-electron chi connectivity index (χ0n) is 10.7. The minimum absolute atomic E-state index is 0.448. The fraction of sp³-hybridized carbons (Fsp3) is 0.167. The van der Waals surface area contributed by atoms with Gasteiger partial charge in [0.15, 0.2) is 0 Å². The van der Waals surface area contributed by atoms with Gasteiger partial charge < -0.3 is 5.32 Å². The molecule has 0 fully saturated rings. The van der Waals surface area contributed by atoms with Gasteiger partial charge in [0, 0.05) is 24.5 Å². The molecule has 0 amide bonds. The maximum absolute atomic E-state index is 11.2. The van der Waals surface area contributed by atoms with Crippen LogP contribution < -0.4 is 10.0 Å². The Morgan fingerprint density at radius 2 is 1.95 bits per heavy atom. The maximum Gasteiger partial charge on any atom is 0.229 e. The van der Waals surface area contributed by atoms with Crippen molar-refractivity contribution in [3.63, 3.8) is 0 Å². The van der Waals surface area contributed by atoms with E-state index in [9.17, 15) is 8.42 Å². The van der Waals surface area contributed by atoms with Crippen LogP contribution >= 0.6 is 11.6 Å². The number of halogens is 1. The molecular weight excluding hydrogens is 300 g/mol. The van der Waals surface area contributed by atoms with Gasteiger partial charge in [0.2, 0.25) is 10.0 Å². The second-order valence-electron chi connectivity index (χ2n) is 4.17.